The van der Waals surface area contributed by atoms with Gasteiger partial charge in [0.25, 0.3) is 0 Å². The van der Waals surface area contributed by atoms with E-state index in [9.17, 15) is 0 Å². The number of hydrogen-bond acceptors (Lipinski definition) is 4. The van der Waals surface area contributed by atoms with E-state index in [4.69, 9.17) is 4.74 Å². The van der Waals surface area contributed by atoms with Crippen LogP contribution in [0.3, 0.4) is 0 Å². The Hall–Kier alpha value is -0.120. The van der Waals surface area contributed by atoms with Crippen molar-refractivity contribution in [3.8, 4) is 0 Å². The van der Waals surface area contributed by atoms with Gasteiger partial charge in [-0.05, 0) is 33.0 Å². The maximum Gasteiger partial charge on any atom is 0.191 e. The standard InChI is InChI=1S/C15H33N5O.HI/c1-16-15(17-7-11-19(2)13-14-21-3)18-8-12-20-9-5-4-6-10-20;/h4-14H2,1-3H3,(H2,16,17,18);1H. The summed E-state index contributed by atoms with van der Waals surface area (Å²) < 4.78 is 5.07. The van der Waals surface area contributed by atoms with E-state index in [0.717, 1.165) is 45.3 Å². The number of hydrogen-bond donors (Lipinski definition) is 2. The quantitative estimate of drug-likeness (QED) is 0.325. The van der Waals surface area contributed by atoms with Gasteiger partial charge in [-0.1, -0.05) is 6.42 Å². The number of halogens is 1. The zero-order chi connectivity index (χ0) is 15.3. The number of likely N-dealkylation sites (N-methyl/N-ethyl adjacent to an activating group) is 1. The number of nitrogens with zero attached hydrogens (tertiary/aromatic N) is 3. The lowest BCUT2D eigenvalue weighted by molar-refractivity contribution is 0.162. The molecule has 6 nitrogen and oxygen atoms in total. The molecule has 0 saturated carbocycles. The Morgan fingerprint density at radius 1 is 1.14 bits per heavy atom. The number of piperidine rings is 1. The van der Waals surface area contributed by atoms with Crippen molar-refractivity contribution in [3.63, 3.8) is 0 Å². The van der Waals surface area contributed by atoms with Crippen molar-refractivity contribution in [1.29, 1.82) is 0 Å². The highest BCUT2D eigenvalue weighted by Gasteiger charge is 2.09. The van der Waals surface area contributed by atoms with Crippen molar-refractivity contribution in [2.24, 2.45) is 4.99 Å². The molecule has 1 heterocycles. The van der Waals surface area contributed by atoms with E-state index in [1.54, 1.807) is 7.11 Å². The van der Waals surface area contributed by atoms with Gasteiger partial charge in [-0.15, -0.1) is 24.0 Å². The summed E-state index contributed by atoms with van der Waals surface area (Å²) in [4.78, 5) is 9.04. The smallest absolute Gasteiger partial charge is 0.191 e. The Morgan fingerprint density at radius 2 is 1.82 bits per heavy atom. The van der Waals surface area contributed by atoms with Crippen molar-refractivity contribution in [2.75, 3.05) is 73.6 Å². The summed E-state index contributed by atoms with van der Waals surface area (Å²) in [6.07, 6.45) is 4.09. The van der Waals surface area contributed by atoms with E-state index in [-0.39, 0.29) is 24.0 Å². The maximum absolute atomic E-state index is 5.07. The number of guanidine groups is 1. The summed E-state index contributed by atoms with van der Waals surface area (Å²) in [6.45, 7) is 8.17. The maximum atomic E-state index is 5.07. The van der Waals surface area contributed by atoms with Crippen molar-refractivity contribution in [2.45, 2.75) is 19.3 Å². The molecule has 22 heavy (non-hydrogen) atoms. The largest absolute Gasteiger partial charge is 0.383 e. The molecule has 0 spiro atoms. The molecular weight excluding hydrogens is 393 g/mol. The van der Waals surface area contributed by atoms with Crippen LogP contribution in [0.1, 0.15) is 19.3 Å². The first-order valence-corrected chi connectivity index (χ1v) is 8.10. The molecule has 0 amide bonds. The van der Waals surface area contributed by atoms with Gasteiger partial charge in [0.1, 0.15) is 0 Å². The molecule has 0 aromatic heterocycles. The van der Waals surface area contributed by atoms with Crippen molar-refractivity contribution in [3.05, 3.63) is 0 Å². The number of aliphatic imine (C=N–C) groups is 1. The molecule has 0 aromatic rings. The van der Waals surface area contributed by atoms with E-state index >= 15 is 0 Å². The number of nitrogens with one attached hydrogen (secondary N) is 2. The molecule has 2 N–H and O–H groups in total. The third-order valence-electron chi connectivity index (χ3n) is 3.86. The molecule has 0 radical (unpaired) electrons. The second kappa shape index (κ2) is 14.5. The average molecular weight is 427 g/mol. The molecule has 1 saturated heterocycles. The van der Waals surface area contributed by atoms with Crippen LogP contribution < -0.4 is 10.6 Å². The highest BCUT2D eigenvalue weighted by Crippen LogP contribution is 2.07. The van der Waals surface area contributed by atoms with Crippen molar-refractivity contribution >= 4 is 29.9 Å². The van der Waals surface area contributed by atoms with E-state index < -0.39 is 0 Å². The zero-order valence-electron chi connectivity index (χ0n) is 14.4. The van der Waals surface area contributed by atoms with Crippen LogP contribution in [0.25, 0.3) is 0 Å². The SMILES string of the molecule is CN=C(NCCN(C)CCOC)NCCN1CCCCC1.I. The molecule has 1 fully saturated rings. The van der Waals surface area contributed by atoms with Crippen LogP contribution >= 0.6 is 24.0 Å². The highest BCUT2D eigenvalue weighted by atomic mass is 127. The second-order valence-corrected chi connectivity index (χ2v) is 5.62. The van der Waals surface area contributed by atoms with Crippen LogP contribution in [0.4, 0.5) is 0 Å². The minimum Gasteiger partial charge on any atom is -0.383 e. The minimum absolute atomic E-state index is 0. The van der Waals surface area contributed by atoms with Gasteiger partial charge in [0.15, 0.2) is 5.96 Å². The summed E-state index contributed by atoms with van der Waals surface area (Å²) in [5.74, 6) is 0.896. The molecule has 0 aliphatic carbocycles. The van der Waals surface area contributed by atoms with Gasteiger partial charge in [-0.25, -0.2) is 0 Å². The first kappa shape index (κ1) is 21.9. The lowest BCUT2D eigenvalue weighted by Crippen LogP contribution is -2.44. The topological polar surface area (TPSA) is 52.1 Å². The fourth-order valence-electron chi connectivity index (χ4n) is 2.46. The normalized spacial score (nSPS) is 16.5. The fraction of sp³-hybridized carbons (Fsp3) is 0.933. The summed E-state index contributed by atoms with van der Waals surface area (Å²) in [6, 6.07) is 0. The molecule has 0 bridgehead atoms. The lowest BCUT2D eigenvalue weighted by Gasteiger charge is -2.26. The number of likely N-dealkylation sites (tertiary alicyclic amines) is 1. The lowest BCUT2D eigenvalue weighted by atomic mass is 10.1. The molecule has 1 aliphatic heterocycles. The van der Waals surface area contributed by atoms with Crippen LogP contribution in [0.2, 0.25) is 0 Å². The molecule has 0 atom stereocenters. The van der Waals surface area contributed by atoms with Gasteiger partial charge in [0.2, 0.25) is 0 Å². The average Bonchev–Trinajstić information content (AvgIpc) is 2.52. The summed E-state index contributed by atoms with van der Waals surface area (Å²) >= 11 is 0. The van der Waals surface area contributed by atoms with Crippen LogP contribution in [0.15, 0.2) is 4.99 Å². The Kier molecular flexibility index (Phi) is 14.4. The van der Waals surface area contributed by atoms with Gasteiger partial charge in [0, 0.05) is 46.9 Å². The highest BCUT2D eigenvalue weighted by molar-refractivity contribution is 14.0. The van der Waals surface area contributed by atoms with Gasteiger partial charge in [-0.2, -0.15) is 0 Å². The van der Waals surface area contributed by atoms with E-state index in [1.807, 2.05) is 7.05 Å². The predicted octanol–water partition coefficient (Wildman–Crippen LogP) is 0.834. The van der Waals surface area contributed by atoms with E-state index in [2.05, 4.69) is 32.5 Å². The number of methoxy groups -OCH3 is 1. The van der Waals surface area contributed by atoms with Crippen LogP contribution in [0.5, 0.6) is 0 Å². The van der Waals surface area contributed by atoms with Gasteiger partial charge in [0.05, 0.1) is 6.61 Å². The summed E-state index contributed by atoms with van der Waals surface area (Å²) in [5.41, 5.74) is 0. The van der Waals surface area contributed by atoms with Crippen LogP contribution in [-0.4, -0.2) is 89.4 Å². The molecular formula is C15H34IN5O. The predicted molar refractivity (Wildman–Crippen MR) is 104 cm³/mol. The summed E-state index contributed by atoms with van der Waals surface area (Å²) in [7, 11) is 5.66. The van der Waals surface area contributed by atoms with Gasteiger partial charge in [-0.3, -0.25) is 4.99 Å². The molecule has 7 heteroatoms. The third kappa shape index (κ3) is 10.6. The Morgan fingerprint density at radius 3 is 2.45 bits per heavy atom. The molecule has 1 rings (SSSR count). The van der Waals surface area contributed by atoms with Gasteiger partial charge < -0.3 is 25.2 Å². The minimum atomic E-state index is 0. The number of ether oxygens (including phenoxy) is 1. The summed E-state index contributed by atoms with van der Waals surface area (Å²) in [5, 5.41) is 6.74. The van der Waals surface area contributed by atoms with E-state index in [0.29, 0.717) is 0 Å². The Bertz CT molecular complexity index is 285. The Balaban J connectivity index is 0.00000441. The van der Waals surface area contributed by atoms with Crippen molar-refractivity contribution in [1.82, 2.24) is 20.4 Å². The third-order valence-corrected chi connectivity index (χ3v) is 3.86. The second-order valence-electron chi connectivity index (χ2n) is 5.62. The molecule has 0 aromatic carbocycles. The first-order chi connectivity index (χ1) is 10.3. The first-order valence-electron chi connectivity index (χ1n) is 8.10. The fourth-order valence-corrected chi connectivity index (χ4v) is 2.46. The van der Waals surface area contributed by atoms with Gasteiger partial charge >= 0.3 is 0 Å². The molecule has 1 aliphatic rings. The monoisotopic (exact) mass is 427 g/mol. The number of rotatable bonds is 9. The van der Waals surface area contributed by atoms with E-state index in [1.165, 1.54) is 32.4 Å². The van der Waals surface area contributed by atoms with Crippen LogP contribution in [-0.2, 0) is 4.74 Å². The van der Waals surface area contributed by atoms with Crippen LogP contribution in [0, 0.1) is 0 Å². The Labute approximate surface area is 153 Å². The molecule has 132 valence electrons. The molecule has 0 unspecified atom stereocenters. The van der Waals surface area contributed by atoms with Crippen molar-refractivity contribution < 1.29 is 4.74 Å². The zero-order valence-corrected chi connectivity index (χ0v) is 16.8.